The molecule has 3 aromatic heterocycles. The van der Waals surface area contributed by atoms with Gasteiger partial charge in [-0.1, -0.05) is 23.9 Å². The van der Waals surface area contributed by atoms with E-state index in [4.69, 9.17) is 4.98 Å². The van der Waals surface area contributed by atoms with Crippen LogP contribution in [0.5, 0.6) is 0 Å². The van der Waals surface area contributed by atoms with Gasteiger partial charge < -0.3 is 0 Å². The van der Waals surface area contributed by atoms with Crippen molar-refractivity contribution in [3.8, 4) is 0 Å². The largest absolute Gasteiger partial charge is 0.291 e. The van der Waals surface area contributed by atoms with Gasteiger partial charge in [0.15, 0.2) is 5.16 Å². The standard InChI is InChI=1S/C18H17N5OS/c1-12(2)23-16(24)14-6-3-4-7-15(14)21-18(23)25-11-13-10-22-9-5-8-19-17(22)20-13/h3-10,12H,11H2,1-2H3. The lowest BCUT2D eigenvalue weighted by Crippen LogP contribution is -2.25. The van der Waals surface area contributed by atoms with Crippen molar-refractivity contribution in [1.82, 2.24) is 23.9 Å². The van der Waals surface area contributed by atoms with Crippen LogP contribution < -0.4 is 5.56 Å². The van der Waals surface area contributed by atoms with Crippen LogP contribution in [0.1, 0.15) is 25.6 Å². The topological polar surface area (TPSA) is 65.1 Å². The van der Waals surface area contributed by atoms with Crippen LogP contribution in [-0.2, 0) is 5.75 Å². The van der Waals surface area contributed by atoms with Crippen molar-refractivity contribution < 1.29 is 0 Å². The number of fused-ring (bicyclic) bond motifs is 2. The summed E-state index contributed by atoms with van der Waals surface area (Å²) in [4.78, 5) is 26.3. The van der Waals surface area contributed by atoms with Crippen molar-refractivity contribution in [2.45, 2.75) is 30.8 Å². The van der Waals surface area contributed by atoms with E-state index in [0.717, 1.165) is 11.2 Å². The molecule has 0 aliphatic heterocycles. The molecule has 0 radical (unpaired) electrons. The summed E-state index contributed by atoms with van der Waals surface area (Å²) in [6.45, 7) is 3.99. The van der Waals surface area contributed by atoms with E-state index in [-0.39, 0.29) is 11.6 Å². The van der Waals surface area contributed by atoms with Crippen molar-refractivity contribution >= 4 is 28.4 Å². The molecule has 0 saturated heterocycles. The number of hydrogen-bond acceptors (Lipinski definition) is 5. The second kappa shape index (κ2) is 6.33. The maximum Gasteiger partial charge on any atom is 0.262 e. The van der Waals surface area contributed by atoms with Crippen LogP contribution in [0.2, 0.25) is 0 Å². The number of imidazole rings is 1. The summed E-state index contributed by atoms with van der Waals surface area (Å²) in [5.41, 5.74) is 1.63. The molecule has 0 atom stereocenters. The second-order valence-corrected chi connectivity index (χ2v) is 6.97. The average Bonchev–Trinajstić information content (AvgIpc) is 3.02. The van der Waals surface area contributed by atoms with E-state index < -0.39 is 0 Å². The molecule has 6 nitrogen and oxygen atoms in total. The summed E-state index contributed by atoms with van der Waals surface area (Å²) in [6, 6.07) is 9.37. The Balaban J connectivity index is 1.72. The van der Waals surface area contributed by atoms with Crippen LogP contribution in [0.15, 0.2) is 58.9 Å². The predicted octanol–water partition coefficient (Wildman–Crippen LogP) is 3.31. The van der Waals surface area contributed by atoms with Gasteiger partial charge in [-0.25, -0.2) is 15.0 Å². The number of aromatic nitrogens is 5. The molecule has 3 heterocycles. The van der Waals surface area contributed by atoms with Gasteiger partial charge in [-0.2, -0.15) is 0 Å². The van der Waals surface area contributed by atoms with Crippen LogP contribution in [0.4, 0.5) is 0 Å². The Morgan fingerprint density at radius 3 is 2.80 bits per heavy atom. The maximum absolute atomic E-state index is 12.8. The molecule has 0 aliphatic carbocycles. The van der Waals surface area contributed by atoms with Crippen molar-refractivity contribution in [1.29, 1.82) is 0 Å². The average molecular weight is 351 g/mol. The van der Waals surface area contributed by atoms with E-state index in [1.165, 1.54) is 11.8 Å². The van der Waals surface area contributed by atoms with Gasteiger partial charge in [0.2, 0.25) is 5.78 Å². The first-order valence-electron chi connectivity index (χ1n) is 8.06. The molecular formula is C18H17N5OS. The predicted molar refractivity (Wildman–Crippen MR) is 98.9 cm³/mol. The highest BCUT2D eigenvalue weighted by Gasteiger charge is 2.14. The summed E-state index contributed by atoms with van der Waals surface area (Å²) in [6.07, 6.45) is 5.59. The Morgan fingerprint density at radius 2 is 2.00 bits per heavy atom. The van der Waals surface area contributed by atoms with E-state index in [2.05, 4.69) is 9.97 Å². The highest BCUT2D eigenvalue weighted by atomic mass is 32.2. The van der Waals surface area contributed by atoms with Gasteiger partial charge in [0.1, 0.15) is 0 Å². The zero-order chi connectivity index (χ0) is 17.4. The summed E-state index contributed by atoms with van der Waals surface area (Å²) in [7, 11) is 0. The minimum absolute atomic E-state index is 0.000215. The minimum Gasteiger partial charge on any atom is -0.291 e. The van der Waals surface area contributed by atoms with Crippen LogP contribution in [0.25, 0.3) is 16.7 Å². The lowest BCUT2D eigenvalue weighted by atomic mass is 10.2. The Hall–Kier alpha value is -2.67. The molecule has 126 valence electrons. The molecule has 7 heteroatoms. The normalized spacial score (nSPS) is 11.6. The summed E-state index contributed by atoms with van der Waals surface area (Å²) in [5, 5.41) is 1.36. The fourth-order valence-corrected chi connectivity index (χ4v) is 3.78. The van der Waals surface area contributed by atoms with Crippen molar-refractivity contribution in [3.05, 3.63) is 65.0 Å². The van der Waals surface area contributed by atoms with E-state index in [1.54, 1.807) is 10.8 Å². The number of rotatable bonds is 4. The monoisotopic (exact) mass is 351 g/mol. The Morgan fingerprint density at radius 1 is 1.16 bits per heavy atom. The molecule has 0 bridgehead atoms. The van der Waals surface area contributed by atoms with E-state index in [0.29, 0.717) is 22.1 Å². The third-order valence-corrected chi connectivity index (χ3v) is 4.91. The van der Waals surface area contributed by atoms with Crippen molar-refractivity contribution in [2.24, 2.45) is 0 Å². The Labute approximate surface area is 148 Å². The van der Waals surface area contributed by atoms with Crippen molar-refractivity contribution in [2.75, 3.05) is 0 Å². The number of nitrogens with zero attached hydrogens (tertiary/aromatic N) is 5. The number of para-hydroxylation sites is 1. The second-order valence-electron chi connectivity index (χ2n) is 6.03. The summed E-state index contributed by atoms with van der Waals surface area (Å²) < 4.78 is 3.64. The highest BCUT2D eigenvalue weighted by molar-refractivity contribution is 7.98. The Kier molecular flexibility index (Phi) is 4.01. The van der Waals surface area contributed by atoms with Gasteiger partial charge in [-0.05, 0) is 32.0 Å². The molecule has 0 fully saturated rings. The molecule has 0 saturated carbocycles. The van der Waals surface area contributed by atoms with Crippen LogP contribution in [0, 0.1) is 0 Å². The molecule has 0 amide bonds. The first-order chi connectivity index (χ1) is 12.1. The third kappa shape index (κ3) is 2.91. The first-order valence-corrected chi connectivity index (χ1v) is 9.05. The van der Waals surface area contributed by atoms with Crippen LogP contribution >= 0.6 is 11.8 Å². The third-order valence-electron chi connectivity index (χ3n) is 3.93. The minimum atomic E-state index is -0.000215. The Bertz CT molecular complexity index is 1080. The molecule has 4 rings (SSSR count). The fourth-order valence-electron chi connectivity index (χ4n) is 2.77. The first kappa shape index (κ1) is 15.8. The van der Waals surface area contributed by atoms with E-state index >= 15 is 0 Å². The zero-order valence-electron chi connectivity index (χ0n) is 14.0. The smallest absolute Gasteiger partial charge is 0.262 e. The van der Waals surface area contributed by atoms with E-state index in [9.17, 15) is 4.79 Å². The highest BCUT2D eigenvalue weighted by Crippen LogP contribution is 2.24. The van der Waals surface area contributed by atoms with Crippen LogP contribution in [-0.4, -0.2) is 23.9 Å². The fraction of sp³-hybridized carbons (Fsp3) is 0.222. The van der Waals surface area contributed by atoms with Gasteiger partial charge in [0.05, 0.1) is 16.6 Å². The molecule has 4 aromatic rings. The van der Waals surface area contributed by atoms with Gasteiger partial charge in [0, 0.05) is 30.4 Å². The molecular weight excluding hydrogens is 334 g/mol. The molecule has 0 unspecified atom stereocenters. The number of benzene rings is 1. The van der Waals surface area contributed by atoms with Crippen molar-refractivity contribution in [3.63, 3.8) is 0 Å². The lowest BCUT2D eigenvalue weighted by molar-refractivity contribution is 0.519. The summed E-state index contributed by atoms with van der Waals surface area (Å²) >= 11 is 1.52. The SMILES string of the molecule is CC(C)n1c(SCc2cn3cccnc3n2)nc2ccccc2c1=O. The van der Waals surface area contributed by atoms with Gasteiger partial charge in [-0.15, -0.1) is 0 Å². The molecule has 25 heavy (non-hydrogen) atoms. The molecule has 0 N–H and O–H groups in total. The quantitative estimate of drug-likeness (QED) is 0.417. The maximum atomic E-state index is 12.8. The van der Waals surface area contributed by atoms with Gasteiger partial charge in [0.25, 0.3) is 5.56 Å². The lowest BCUT2D eigenvalue weighted by Gasteiger charge is -2.15. The molecule has 0 spiro atoms. The number of thioether (sulfide) groups is 1. The van der Waals surface area contributed by atoms with E-state index in [1.807, 2.05) is 61.0 Å². The van der Waals surface area contributed by atoms with Gasteiger partial charge >= 0.3 is 0 Å². The zero-order valence-corrected chi connectivity index (χ0v) is 14.8. The molecule has 1 aromatic carbocycles. The number of hydrogen-bond donors (Lipinski definition) is 0. The summed E-state index contributed by atoms with van der Waals surface area (Å²) in [5.74, 6) is 1.30. The van der Waals surface area contributed by atoms with Gasteiger partial charge in [-0.3, -0.25) is 13.8 Å². The van der Waals surface area contributed by atoms with Crippen LogP contribution in [0.3, 0.4) is 0 Å². The molecule has 0 aliphatic rings.